The lowest BCUT2D eigenvalue weighted by Crippen LogP contribution is -2.60. The molecule has 0 spiro atoms. The maximum Gasteiger partial charge on any atom is 0.411 e. The predicted octanol–water partition coefficient (Wildman–Crippen LogP) is 3.59. The van der Waals surface area contributed by atoms with Gasteiger partial charge in [-0.15, -0.1) is 0 Å². The van der Waals surface area contributed by atoms with Crippen molar-refractivity contribution in [2.24, 2.45) is 0 Å². The summed E-state index contributed by atoms with van der Waals surface area (Å²) < 4.78 is 16.3. The molecule has 2 amide bonds. The van der Waals surface area contributed by atoms with Crippen LogP contribution < -0.4 is 0 Å². The molecule has 2 rings (SSSR count). The van der Waals surface area contributed by atoms with Crippen LogP contribution in [0.1, 0.15) is 47.1 Å². The summed E-state index contributed by atoms with van der Waals surface area (Å²) in [6.45, 7) is 11.0. The number of ether oxygens (including phenoxy) is 3. The number of esters is 1. The van der Waals surface area contributed by atoms with Crippen LogP contribution in [0.25, 0.3) is 0 Å². The molecule has 1 aliphatic rings. The van der Waals surface area contributed by atoms with E-state index in [9.17, 15) is 14.4 Å². The van der Waals surface area contributed by atoms with E-state index in [1.54, 1.807) is 41.5 Å². The number of amides is 2. The summed E-state index contributed by atoms with van der Waals surface area (Å²) in [5, 5.41) is 0. The van der Waals surface area contributed by atoms with E-state index < -0.39 is 35.4 Å². The number of hydrogen-bond donors (Lipinski definition) is 0. The van der Waals surface area contributed by atoms with Gasteiger partial charge in [0.2, 0.25) is 0 Å². The van der Waals surface area contributed by atoms with E-state index in [0.29, 0.717) is 0 Å². The quantitative estimate of drug-likeness (QED) is 0.549. The molecular formula is C22H32N2O6. The summed E-state index contributed by atoms with van der Waals surface area (Å²) in [6.07, 6.45) is -1.15. The Hall–Kier alpha value is -2.77. The number of carbonyl (C=O) groups excluding carboxylic acids is 3. The summed E-state index contributed by atoms with van der Waals surface area (Å²) >= 11 is 0. The van der Waals surface area contributed by atoms with Gasteiger partial charge in [0.15, 0.2) is 6.04 Å². The minimum atomic E-state index is -0.982. The second-order valence-electron chi connectivity index (χ2n) is 9.21. The fourth-order valence-electron chi connectivity index (χ4n) is 2.84. The van der Waals surface area contributed by atoms with Crippen LogP contribution in [-0.2, 0) is 25.6 Å². The normalized spacial score (nSPS) is 17.3. The molecule has 1 heterocycles. The van der Waals surface area contributed by atoms with Crippen molar-refractivity contribution in [3.8, 4) is 0 Å². The number of benzene rings is 1. The zero-order valence-corrected chi connectivity index (χ0v) is 18.6. The standard InChI is InChI=1S/C22H32N2O6/c1-21(2,3)29-19(26)23-12-13-24(20(27)30-22(4,5)6)17(14-23)18(25)28-15-16-10-8-7-9-11-16/h7-11,17H,12-15H2,1-6H3. The van der Waals surface area contributed by atoms with Gasteiger partial charge in [-0.25, -0.2) is 14.4 Å². The van der Waals surface area contributed by atoms with E-state index in [1.807, 2.05) is 30.3 Å². The fourth-order valence-corrected chi connectivity index (χ4v) is 2.84. The Balaban J connectivity index is 2.13. The van der Waals surface area contributed by atoms with Crippen LogP contribution in [0.5, 0.6) is 0 Å². The molecule has 1 unspecified atom stereocenters. The van der Waals surface area contributed by atoms with Crippen LogP contribution in [0.2, 0.25) is 0 Å². The lowest BCUT2D eigenvalue weighted by molar-refractivity contribution is -0.153. The van der Waals surface area contributed by atoms with Gasteiger partial charge in [-0.2, -0.15) is 0 Å². The van der Waals surface area contributed by atoms with Gasteiger partial charge in [-0.05, 0) is 47.1 Å². The topological polar surface area (TPSA) is 85.4 Å². The van der Waals surface area contributed by atoms with Gasteiger partial charge < -0.3 is 19.1 Å². The summed E-state index contributed by atoms with van der Waals surface area (Å²) in [5.74, 6) is -0.599. The van der Waals surface area contributed by atoms with Crippen LogP contribution in [-0.4, -0.2) is 64.8 Å². The smallest absolute Gasteiger partial charge is 0.411 e. The summed E-state index contributed by atoms with van der Waals surface area (Å²) in [6, 6.07) is 8.27. The van der Waals surface area contributed by atoms with E-state index in [4.69, 9.17) is 14.2 Å². The van der Waals surface area contributed by atoms with E-state index in [0.717, 1.165) is 5.56 Å². The van der Waals surface area contributed by atoms with Crippen molar-refractivity contribution in [3.63, 3.8) is 0 Å². The first-order chi connectivity index (χ1) is 13.9. The average Bonchev–Trinajstić information content (AvgIpc) is 2.63. The lowest BCUT2D eigenvalue weighted by atomic mass is 10.1. The molecule has 1 aromatic carbocycles. The summed E-state index contributed by atoms with van der Waals surface area (Å²) in [5.41, 5.74) is -0.546. The lowest BCUT2D eigenvalue weighted by Gasteiger charge is -2.40. The molecule has 30 heavy (non-hydrogen) atoms. The van der Waals surface area contributed by atoms with Gasteiger partial charge in [0, 0.05) is 13.1 Å². The summed E-state index contributed by atoms with van der Waals surface area (Å²) in [4.78, 5) is 40.7. The third-order valence-electron chi connectivity index (χ3n) is 4.16. The third-order valence-corrected chi connectivity index (χ3v) is 4.16. The summed E-state index contributed by atoms with van der Waals surface area (Å²) in [7, 11) is 0. The highest BCUT2D eigenvalue weighted by Crippen LogP contribution is 2.19. The van der Waals surface area contributed by atoms with E-state index in [2.05, 4.69) is 0 Å². The molecule has 0 bridgehead atoms. The van der Waals surface area contributed by atoms with E-state index in [1.165, 1.54) is 9.80 Å². The number of rotatable bonds is 3. The van der Waals surface area contributed by atoms with Crippen LogP contribution >= 0.6 is 0 Å². The Kier molecular flexibility index (Phi) is 7.34. The highest BCUT2D eigenvalue weighted by molar-refractivity contribution is 5.83. The highest BCUT2D eigenvalue weighted by Gasteiger charge is 2.41. The van der Waals surface area contributed by atoms with Gasteiger partial charge in [0.1, 0.15) is 17.8 Å². The van der Waals surface area contributed by atoms with Crippen molar-refractivity contribution in [2.75, 3.05) is 19.6 Å². The van der Waals surface area contributed by atoms with Crippen molar-refractivity contribution in [1.82, 2.24) is 9.80 Å². The van der Waals surface area contributed by atoms with Crippen molar-refractivity contribution >= 4 is 18.2 Å². The Labute approximate surface area is 178 Å². The minimum Gasteiger partial charge on any atom is -0.459 e. The van der Waals surface area contributed by atoms with Gasteiger partial charge in [0.25, 0.3) is 0 Å². The average molecular weight is 421 g/mol. The fraction of sp³-hybridized carbons (Fsp3) is 0.591. The molecule has 1 aromatic rings. The molecule has 1 aliphatic heterocycles. The third kappa shape index (κ3) is 7.24. The number of hydrogen-bond acceptors (Lipinski definition) is 6. The van der Waals surface area contributed by atoms with Gasteiger partial charge in [-0.3, -0.25) is 4.90 Å². The first kappa shape index (κ1) is 23.5. The number of piperazine rings is 1. The molecular weight excluding hydrogens is 388 g/mol. The molecule has 8 nitrogen and oxygen atoms in total. The van der Waals surface area contributed by atoms with Crippen LogP contribution in [0.15, 0.2) is 30.3 Å². The Morgan fingerprint density at radius 1 is 0.900 bits per heavy atom. The molecule has 1 fully saturated rings. The SMILES string of the molecule is CC(C)(C)OC(=O)N1CCN(C(=O)OC(C)(C)C)C(C(=O)OCc2ccccc2)C1. The van der Waals surface area contributed by atoms with Crippen molar-refractivity contribution < 1.29 is 28.6 Å². The molecule has 1 atom stereocenters. The van der Waals surface area contributed by atoms with E-state index >= 15 is 0 Å². The molecule has 0 aliphatic carbocycles. The second-order valence-corrected chi connectivity index (χ2v) is 9.21. The molecule has 0 aromatic heterocycles. The maximum absolute atomic E-state index is 12.9. The van der Waals surface area contributed by atoms with Crippen molar-refractivity contribution in [3.05, 3.63) is 35.9 Å². The highest BCUT2D eigenvalue weighted by atomic mass is 16.6. The zero-order valence-electron chi connectivity index (χ0n) is 18.6. The van der Waals surface area contributed by atoms with Crippen molar-refractivity contribution in [1.29, 1.82) is 0 Å². The Morgan fingerprint density at radius 2 is 1.47 bits per heavy atom. The first-order valence-corrected chi connectivity index (χ1v) is 10.0. The Bertz CT molecular complexity index is 751. The molecule has 0 radical (unpaired) electrons. The molecule has 8 heteroatoms. The van der Waals surface area contributed by atoms with Crippen molar-refractivity contribution in [2.45, 2.75) is 65.4 Å². The zero-order chi connectivity index (χ0) is 22.5. The molecule has 1 saturated heterocycles. The monoisotopic (exact) mass is 420 g/mol. The van der Waals surface area contributed by atoms with E-state index in [-0.39, 0.29) is 26.2 Å². The van der Waals surface area contributed by atoms with Crippen LogP contribution in [0.4, 0.5) is 9.59 Å². The van der Waals surface area contributed by atoms with Gasteiger partial charge in [-0.1, -0.05) is 30.3 Å². The van der Waals surface area contributed by atoms with Gasteiger partial charge in [0.05, 0.1) is 6.54 Å². The second kappa shape index (κ2) is 9.36. The van der Waals surface area contributed by atoms with Gasteiger partial charge >= 0.3 is 18.2 Å². The largest absolute Gasteiger partial charge is 0.459 e. The van der Waals surface area contributed by atoms with Crippen LogP contribution in [0, 0.1) is 0 Å². The number of nitrogens with zero attached hydrogens (tertiary/aromatic N) is 2. The number of carbonyl (C=O) groups is 3. The first-order valence-electron chi connectivity index (χ1n) is 10.0. The van der Waals surface area contributed by atoms with Crippen LogP contribution in [0.3, 0.4) is 0 Å². The Morgan fingerprint density at radius 3 is 2.03 bits per heavy atom. The molecule has 0 N–H and O–H groups in total. The molecule has 166 valence electrons. The maximum atomic E-state index is 12.9. The predicted molar refractivity (Wildman–Crippen MR) is 111 cm³/mol. The minimum absolute atomic E-state index is 0.0260. The molecule has 0 saturated carbocycles.